The van der Waals surface area contributed by atoms with E-state index in [1.54, 1.807) is 6.92 Å². The molecule has 21 heavy (non-hydrogen) atoms. The van der Waals surface area contributed by atoms with Crippen molar-refractivity contribution >= 4 is 11.9 Å². The molecule has 1 heterocycles. The summed E-state index contributed by atoms with van der Waals surface area (Å²) in [4.78, 5) is 27.1. The molecule has 0 radical (unpaired) electrons. The van der Waals surface area contributed by atoms with Gasteiger partial charge in [-0.25, -0.2) is 19.0 Å². The first-order valence-electron chi connectivity index (χ1n) is 5.92. The van der Waals surface area contributed by atoms with E-state index in [0.29, 0.717) is 11.1 Å². The zero-order valence-electron chi connectivity index (χ0n) is 11.6. The smallest absolute Gasteiger partial charge is 0.376 e. The number of hydrogen-bond donors (Lipinski definition) is 0. The summed E-state index contributed by atoms with van der Waals surface area (Å²) in [6.45, 7) is 1.57. The number of rotatable bonds is 3. The van der Waals surface area contributed by atoms with Gasteiger partial charge in [0.2, 0.25) is 17.3 Å². The molecule has 0 saturated carbocycles. The van der Waals surface area contributed by atoms with Crippen LogP contribution in [-0.4, -0.2) is 31.1 Å². The van der Waals surface area contributed by atoms with E-state index in [1.807, 2.05) is 0 Å². The van der Waals surface area contributed by atoms with Crippen LogP contribution >= 0.6 is 0 Å². The van der Waals surface area contributed by atoms with Crippen molar-refractivity contribution in [2.45, 2.75) is 6.92 Å². The van der Waals surface area contributed by atoms with Crippen LogP contribution in [0.2, 0.25) is 0 Å². The van der Waals surface area contributed by atoms with Crippen LogP contribution in [0.15, 0.2) is 22.6 Å². The summed E-state index contributed by atoms with van der Waals surface area (Å²) in [5.74, 6) is -2.43. The number of methoxy groups -OCH3 is 2. The highest BCUT2D eigenvalue weighted by molar-refractivity contribution is 6.00. The highest BCUT2D eigenvalue weighted by atomic mass is 19.1. The Kier molecular flexibility index (Phi) is 4.02. The molecule has 0 amide bonds. The minimum absolute atomic E-state index is 0.00102. The molecule has 2 aromatic rings. The molecule has 0 saturated heterocycles. The van der Waals surface area contributed by atoms with Gasteiger partial charge in [0.25, 0.3) is 0 Å². The minimum atomic E-state index is -0.854. The SMILES string of the molecule is COC(=O)c1nc(-c2ccc(F)c(C)c2)oc1C(=O)OC. The van der Waals surface area contributed by atoms with Gasteiger partial charge in [-0.3, -0.25) is 0 Å². The van der Waals surface area contributed by atoms with Crippen molar-refractivity contribution < 1.29 is 27.9 Å². The van der Waals surface area contributed by atoms with Crippen LogP contribution in [0.25, 0.3) is 11.5 Å². The molecule has 110 valence electrons. The van der Waals surface area contributed by atoms with Gasteiger partial charge < -0.3 is 13.9 Å². The molecule has 2 rings (SSSR count). The van der Waals surface area contributed by atoms with Gasteiger partial charge in [0.05, 0.1) is 14.2 Å². The molecule has 0 bridgehead atoms. The van der Waals surface area contributed by atoms with Gasteiger partial charge in [0.1, 0.15) is 5.82 Å². The van der Waals surface area contributed by atoms with E-state index in [0.717, 1.165) is 14.2 Å². The van der Waals surface area contributed by atoms with Crippen LogP contribution < -0.4 is 0 Å². The van der Waals surface area contributed by atoms with Crippen molar-refractivity contribution in [3.05, 3.63) is 41.0 Å². The molecular weight excluding hydrogens is 281 g/mol. The Balaban J connectivity index is 2.55. The van der Waals surface area contributed by atoms with Crippen LogP contribution in [0.3, 0.4) is 0 Å². The molecule has 0 aliphatic rings. The van der Waals surface area contributed by atoms with Gasteiger partial charge in [-0.05, 0) is 30.7 Å². The van der Waals surface area contributed by atoms with E-state index in [2.05, 4.69) is 14.5 Å². The van der Waals surface area contributed by atoms with Gasteiger partial charge in [0.15, 0.2) is 0 Å². The summed E-state index contributed by atoms with van der Waals surface area (Å²) < 4.78 is 27.6. The summed E-state index contributed by atoms with van der Waals surface area (Å²) in [5, 5.41) is 0. The number of ether oxygens (including phenoxy) is 2. The van der Waals surface area contributed by atoms with Gasteiger partial charge in [-0.1, -0.05) is 0 Å². The van der Waals surface area contributed by atoms with Crippen LogP contribution in [0.1, 0.15) is 26.6 Å². The van der Waals surface area contributed by atoms with Gasteiger partial charge in [0, 0.05) is 5.56 Å². The lowest BCUT2D eigenvalue weighted by molar-refractivity contribution is 0.0527. The van der Waals surface area contributed by atoms with Crippen molar-refractivity contribution in [1.82, 2.24) is 4.98 Å². The Morgan fingerprint density at radius 1 is 1.19 bits per heavy atom. The Hall–Kier alpha value is -2.70. The molecule has 0 N–H and O–H groups in total. The number of aromatic nitrogens is 1. The van der Waals surface area contributed by atoms with E-state index >= 15 is 0 Å². The maximum absolute atomic E-state index is 13.3. The fourth-order valence-electron chi connectivity index (χ4n) is 1.69. The molecule has 1 aromatic heterocycles. The molecule has 0 unspecified atom stereocenters. The number of benzene rings is 1. The fraction of sp³-hybridized carbons (Fsp3) is 0.214. The maximum atomic E-state index is 13.3. The van der Waals surface area contributed by atoms with E-state index in [1.165, 1.54) is 18.2 Å². The Bertz CT molecular complexity index is 674. The number of carbonyl (C=O) groups excluding carboxylic acids is 2. The van der Waals surface area contributed by atoms with Crippen molar-refractivity contribution in [1.29, 1.82) is 0 Å². The number of halogens is 1. The van der Waals surface area contributed by atoms with Crippen molar-refractivity contribution in [2.75, 3.05) is 14.2 Å². The van der Waals surface area contributed by atoms with Crippen LogP contribution in [-0.2, 0) is 9.47 Å². The lowest BCUT2D eigenvalue weighted by Crippen LogP contribution is -2.10. The molecule has 0 spiro atoms. The first-order chi connectivity index (χ1) is 9.97. The first-order valence-corrected chi connectivity index (χ1v) is 5.92. The standard InChI is InChI=1S/C14H12FNO5/c1-7-6-8(4-5-9(7)15)12-16-10(13(17)19-2)11(21-12)14(18)20-3/h4-6H,1-3H3. The summed E-state index contributed by atoms with van der Waals surface area (Å²) in [6.07, 6.45) is 0. The number of carbonyl (C=O) groups is 2. The number of oxazole rings is 1. The molecular formula is C14H12FNO5. The highest BCUT2D eigenvalue weighted by Gasteiger charge is 2.27. The predicted octanol–water partition coefficient (Wildman–Crippen LogP) is 2.36. The summed E-state index contributed by atoms with van der Waals surface area (Å²) in [7, 11) is 2.30. The molecule has 0 aliphatic heterocycles. The zero-order chi connectivity index (χ0) is 15.6. The van der Waals surface area contributed by atoms with E-state index in [-0.39, 0.29) is 23.2 Å². The third-order valence-electron chi connectivity index (χ3n) is 2.78. The highest BCUT2D eigenvalue weighted by Crippen LogP contribution is 2.25. The predicted molar refractivity (Wildman–Crippen MR) is 69.3 cm³/mol. The summed E-state index contributed by atoms with van der Waals surface area (Å²) in [6, 6.07) is 4.16. The normalized spacial score (nSPS) is 10.3. The molecule has 0 atom stereocenters. The zero-order valence-corrected chi connectivity index (χ0v) is 11.6. The molecule has 0 fully saturated rings. The molecule has 7 heteroatoms. The van der Waals surface area contributed by atoms with Crippen LogP contribution in [0.5, 0.6) is 0 Å². The van der Waals surface area contributed by atoms with Gasteiger partial charge in [-0.15, -0.1) is 0 Å². The van der Waals surface area contributed by atoms with Crippen LogP contribution in [0.4, 0.5) is 4.39 Å². The Labute approximate surface area is 119 Å². The second-order valence-corrected chi connectivity index (χ2v) is 4.14. The lowest BCUT2D eigenvalue weighted by atomic mass is 10.1. The summed E-state index contributed by atoms with van der Waals surface area (Å²) >= 11 is 0. The topological polar surface area (TPSA) is 78.6 Å². The molecule has 1 aromatic carbocycles. The Morgan fingerprint density at radius 2 is 1.86 bits per heavy atom. The van der Waals surface area contributed by atoms with Crippen LogP contribution in [0, 0.1) is 12.7 Å². The molecule has 6 nitrogen and oxygen atoms in total. The van der Waals surface area contributed by atoms with Gasteiger partial charge in [-0.2, -0.15) is 0 Å². The third kappa shape index (κ3) is 2.76. The lowest BCUT2D eigenvalue weighted by Gasteiger charge is -1.99. The average Bonchev–Trinajstić information content (AvgIpc) is 2.93. The first kappa shape index (κ1) is 14.7. The van der Waals surface area contributed by atoms with Crippen molar-refractivity contribution in [3.8, 4) is 11.5 Å². The minimum Gasteiger partial charge on any atom is -0.464 e. The second kappa shape index (κ2) is 5.74. The Morgan fingerprint density at radius 3 is 2.43 bits per heavy atom. The fourth-order valence-corrected chi connectivity index (χ4v) is 1.69. The monoisotopic (exact) mass is 293 g/mol. The van der Waals surface area contributed by atoms with Gasteiger partial charge >= 0.3 is 11.9 Å². The van der Waals surface area contributed by atoms with E-state index < -0.39 is 11.9 Å². The quantitative estimate of drug-likeness (QED) is 0.808. The number of aryl methyl sites for hydroxylation is 1. The number of nitrogens with zero attached hydrogens (tertiary/aromatic N) is 1. The average molecular weight is 293 g/mol. The van der Waals surface area contributed by atoms with Crippen molar-refractivity contribution in [3.63, 3.8) is 0 Å². The number of esters is 2. The second-order valence-electron chi connectivity index (χ2n) is 4.14. The van der Waals surface area contributed by atoms with Crippen molar-refractivity contribution in [2.24, 2.45) is 0 Å². The van der Waals surface area contributed by atoms with E-state index in [9.17, 15) is 14.0 Å². The van der Waals surface area contributed by atoms with E-state index in [4.69, 9.17) is 4.42 Å². The molecule has 0 aliphatic carbocycles. The maximum Gasteiger partial charge on any atom is 0.376 e. The number of hydrogen-bond acceptors (Lipinski definition) is 6. The third-order valence-corrected chi connectivity index (χ3v) is 2.78. The largest absolute Gasteiger partial charge is 0.464 e. The summed E-state index contributed by atoms with van der Waals surface area (Å²) in [5.41, 5.74) is 0.514.